The maximum absolute atomic E-state index is 13.4. The van der Waals surface area contributed by atoms with Gasteiger partial charge in [0.15, 0.2) is 0 Å². The molecule has 39 heavy (non-hydrogen) atoms. The summed E-state index contributed by atoms with van der Waals surface area (Å²) in [6, 6.07) is 24.9. The van der Waals surface area contributed by atoms with Crippen LogP contribution in [0.1, 0.15) is 29.5 Å². The normalized spacial score (nSPS) is 15.4. The summed E-state index contributed by atoms with van der Waals surface area (Å²) in [5.74, 6) is -2.12. The number of phenolic OH excluding ortho intramolecular Hbond substituents is 1. The molecule has 0 aliphatic carbocycles. The Labute approximate surface area is 229 Å². The van der Waals surface area contributed by atoms with Crippen LogP contribution in [0.5, 0.6) is 5.75 Å². The zero-order valence-corrected chi connectivity index (χ0v) is 22.0. The molecule has 0 saturated heterocycles. The molecule has 3 rings (SSSR count). The highest BCUT2D eigenvalue weighted by molar-refractivity contribution is 5.88. The molecular formula is C32H38N2O5. The van der Waals surface area contributed by atoms with Gasteiger partial charge in [-0.25, -0.2) is 0 Å². The molecule has 0 heterocycles. The number of amides is 1. The molecule has 7 heteroatoms. The lowest BCUT2D eigenvalue weighted by molar-refractivity contribution is -0.131. The Balaban J connectivity index is 1.66. The van der Waals surface area contributed by atoms with Gasteiger partial charge in [0.05, 0.1) is 18.1 Å². The lowest BCUT2D eigenvalue weighted by atomic mass is 9.83. The zero-order chi connectivity index (χ0) is 28.2. The van der Waals surface area contributed by atoms with E-state index >= 15 is 0 Å². The van der Waals surface area contributed by atoms with Crippen molar-refractivity contribution in [1.82, 2.24) is 0 Å². The molecule has 0 spiro atoms. The van der Waals surface area contributed by atoms with Crippen molar-refractivity contribution < 1.29 is 24.9 Å². The molecule has 0 fully saturated rings. The van der Waals surface area contributed by atoms with E-state index in [1.54, 1.807) is 30.3 Å². The minimum Gasteiger partial charge on any atom is -0.508 e. The maximum Gasteiger partial charge on any atom is 0.221 e. The van der Waals surface area contributed by atoms with Gasteiger partial charge in [-0.1, -0.05) is 84.9 Å². The molecule has 5 atom stereocenters. The van der Waals surface area contributed by atoms with E-state index in [0.717, 1.165) is 16.7 Å². The van der Waals surface area contributed by atoms with E-state index in [4.69, 9.17) is 11.5 Å². The Kier molecular flexibility index (Phi) is 11.4. The molecule has 0 saturated carbocycles. The average molecular weight is 531 g/mol. The summed E-state index contributed by atoms with van der Waals surface area (Å²) in [6.45, 7) is 0. The van der Waals surface area contributed by atoms with Crippen molar-refractivity contribution in [3.8, 4) is 5.75 Å². The first kappa shape index (κ1) is 29.8. The van der Waals surface area contributed by atoms with E-state index in [2.05, 4.69) is 0 Å². The number of rotatable bonds is 15. The maximum atomic E-state index is 13.4. The predicted octanol–water partition coefficient (Wildman–Crippen LogP) is 3.09. The number of aromatic hydroxyl groups is 1. The Bertz CT molecular complexity index is 1200. The molecule has 3 aromatic carbocycles. The van der Waals surface area contributed by atoms with Crippen LogP contribution in [0.2, 0.25) is 0 Å². The lowest BCUT2D eigenvalue weighted by Crippen LogP contribution is -2.36. The van der Waals surface area contributed by atoms with Gasteiger partial charge in [-0.3, -0.25) is 9.59 Å². The Morgan fingerprint density at radius 3 is 1.87 bits per heavy atom. The second-order valence-corrected chi connectivity index (χ2v) is 10.0. The highest BCUT2D eigenvalue weighted by Gasteiger charge is 2.29. The number of benzene rings is 3. The second-order valence-electron chi connectivity index (χ2n) is 10.0. The Hall–Kier alpha value is -3.78. The van der Waals surface area contributed by atoms with Crippen molar-refractivity contribution in [2.45, 2.75) is 50.4 Å². The van der Waals surface area contributed by atoms with Crippen LogP contribution in [-0.2, 0) is 28.9 Å². The molecule has 206 valence electrons. The molecule has 0 aromatic heterocycles. The minimum atomic E-state index is -1.12. The van der Waals surface area contributed by atoms with Gasteiger partial charge in [-0.15, -0.1) is 0 Å². The van der Waals surface area contributed by atoms with Crippen molar-refractivity contribution in [2.75, 3.05) is 0 Å². The topological polar surface area (TPSA) is 147 Å². The summed E-state index contributed by atoms with van der Waals surface area (Å²) >= 11 is 0. The van der Waals surface area contributed by atoms with Crippen LogP contribution in [-0.4, -0.2) is 45.3 Å². The molecule has 0 aliphatic rings. The molecular weight excluding hydrogens is 492 g/mol. The minimum absolute atomic E-state index is 0.0766. The van der Waals surface area contributed by atoms with E-state index in [1.807, 2.05) is 60.7 Å². The van der Waals surface area contributed by atoms with Crippen LogP contribution in [0.15, 0.2) is 97.1 Å². The largest absolute Gasteiger partial charge is 0.508 e. The van der Waals surface area contributed by atoms with E-state index in [9.17, 15) is 24.9 Å². The van der Waals surface area contributed by atoms with Crippen molar-refractivity contribution >= 4 is 11.7 Å². The SMILES string of the molecule is NC(=O)[C@@H](CC(=O)[C@H](Cc1ccccc1)[C@@H](O)/C=C/C[C@H](O)[C@@H](N)Cc1ccc(O)cc1)Cc1ccccc1. The smallest absolute Gasteiger partial charge is 0.221 e. The Morgan fingerprint density at radius 1 is 0.769 bits per heavy atom. The quantitative estimate of drug-likeness (QED) is 0.191. The summed E-state index contributed by atoms with van der Waals surface area (Å²) in [5.41, 5.74) is 14.5. The zero-order valence-electron chi connectivity index (χ0n) is 22.0. The third-order valence-corrected chi connectivity index (χ3v) is 6.91. The number of phenols is 1. The number of nitrogens with two attached hydrogens (primary N) is 2. The van der Waals surface area contributed by atoms with Crippen LogP contribution in [0.4, 0.5) is 0 Å². The van der Waals surface area contributed by atoms with Gasteiger partial charge in [0.1, 0.15) is 11.5 Å². The van der Waals surface area contributed by atoms with Crippen molar-refractivity contribution in [3.05, 3.63) is 114 Å². The van der Waals surface area contributed by atoms with Crippen LogP contribution >= 0.6 is 0 Å². The highest BCUT2D eigenvalue weighted by Crippen LogP contribution is 2.22. The van der Waals surface area contributed by atoms with Crippen LogP contribution in [0.25, 0.3) is 0 Å². The van der Waals surface area contributed by atoms with Crippen LogP contribution in [0.3, 0.4) is 0 Å². The van der Waals surface area contributed by atoms with Gasteiger partial charge >= 0.3 is 0 Å². The molecule has 0 radical (unpaired) electrons. The van der Waals surface area contributed by atoms with Gasteiger partial charge in [-0.2, -0.15) is 0 Å². The Morgan fingerprint density at radius 2 is 1.31 bits per heavy atom. The number of ketones is 1. The number of primary amides is 1. The molecule has 0 unspecified atom stereocenters. The van der Waals surface area contributed by atoms with E-state index in [1.165, 1.54) is 6.08 Å². The van der Waals surface area contributed by atoms with E-state index in [0.29, 0.717) is 19.3 Å². The number of aliphatic hydroxyl groups excluding tert-OH is 2. The number of carbonyl (C=O) groups is 2. The first-order valence-corrected chi connectivity index (χ1v) is 13.2. The predicted molar refractivity (Wildman–Crippen MR) is 152 cm³/mol. The monoisotopic (exact) mass is 530 g/mol. The van der Waals surface area contributed by atoms with Gasteiger partial charge in [0.2, 0.25) is 5.91 Å². The summed E-state index contributed by atoms with van der Waals surface area (Å²) < 4.78 is 0. The van der Waals surface area contributed by atoms with Gasteiger partial charge in [0, 0.05) is 18.4 Å². The molecule has 7 N–H and O–H groups in total. The standard InChI is InChI=1S/C32H38N2O5/c33-28(20-24-14-16-26(35)17-15-24)30(37)13-7-12-29(36)27(19-23-10-5-2-6-11-23)31(38)21-25(32(34)39)18-22-8-3-1-4-9-22/h1-12,14-17,25,27-30,35-37H,13,18-21,33H2,(H2,34,39)/b12-7+/t25-,27-,28+,29+,30+/m1/s1. The number of Topliss-reactive ketones (excluding diaryl/α,β-unsaturated/α-hetero) is 1. The molecule has 0 bridgehead atoms. The third kappa shape index (κ3) is 9.80. The lowest BCUT2D eigenvalue weighted by Gasteiger charge is -2.22. The number of aliphatic hydroxyl groups is 2. The molecule has 3 aromatic rings. The van der Waals surface area contributed by atoms with Crippen molar-refractivity contribution in [3.63, 3.8) is 0 Å². The van der Waals surface area contributed by atoms with Crippen molar-refractivity contribution in [2.24, 2.45) is 23.3 Å². The summed E-state index contributed by atoms with van der Waals surface area (Å²) in [7, 11) is 0. The fourth-order valence-electron chi connectivity index (χ4n) is 4.57. The van der Waals surface area contributed by atoms with Crippen LogP contribution < -0.4 is 11.5 Å². The van der Waals surface area contributed by atoms with Crippen LogP contribution in [0, 0.1) is 11.8 Å². The second kappa shape index (κ2) is 15.0. The number of hydrogen-bond donors (Lipinski definition) is 5. The first-order chi connectivity index (χ1) is 18.7. The van der Waals surface area contributed by atoms with Gasteiger partial charge < -0.3 is 26.8 Å². The van der Waals surface area contributed by atoms with Crippen molar-refractivity contribution in [1.29, 1.82) is 0 Å². The average Bonchev–Trinajstić information content (AvgIpc) is 2.93. The fraction of sp³-hybridized carbons (Fsp3) is 0.312. The molecule has 7 nitrogen and oxygen atoms in total. The number of hydrogen-bond acceptors (Lipinski definition) is 6. The highest BCUT2D eigenvalue weighted by atomic mass is 16.3. The fourth-order valence-corrected chi connectivity index (χ4v) is 4.57. The summed E-state index contributed by atoms with van der Waals surface area (Å²) in [6.07, 6.45) is 2.34. The number of carbonyl (C=O) groups excluding carboxylic acids is 2. The van der Waals surface area contributed by atoms with E-state index < -0.39 is 36.0 Å². The van der Waals surface area contributed by atoms with Gasteiger partial charge in [-0.05, 0) is 54.5 Å². The molecule has 1 amide bonds. The molecule has 0 aliphatic heterocycles. The summed E-state index contributed by atoms with van der Waals surface area (Å²) in [4.78, 5) is 25.6. The summed E-state index contributed by atoms with van der Waals surface area (Å²) in [5, 5.41) is 31.0. The third-order valence-electron chi connectivity index (χ3n) is 6.91. The first-order valence-electron chi connectivity index (χ1n) is 13.2. The van der Waals surface area contributed by atoms with E-state index in [-0.39, 0.29) is 24.4 Å². The van der Waals surface area contributed by atoms with Gasteiger partial charge in [0.25, 0.3) is 0 Å².